The predicted octanol–water partition coefficient (Wildman–Crippen LogP) is 2.59. The number of rotatable bonds is 3. The molecule has 1 atom stereocenters. The number of hydrogen-bond acceptors (Lipinski definition) is 2. The summed E-state index contributed by atoms with van der Waals surface area (Å²) in [4.78, 5) is -0.668. The molecule has 0 aliphatic carbocycles. The van der Waals surface area contributed by atoms with Gasteiger partial charge in [-0.05, 0) is 12.1 Å². The Kier molecular flexibility index (Phi) is 3.30. The van der Waals surface area contributed by atoms with E-state index in [2.05, 4.69) is 11.6 Å². The van der Waals surface area contributed by atoms with Crippen LogP contribution in [0, 0.1) is 0 Å². The minimum Gasteiger partial charge on any atom is -0.222 e. The van der Waals surface area contributed by atoms with Gasteiger partial charge in [-0.1, -0.05) is 29.8 Å². The molecule has 1 aromatic carbocycles. The summed E-state index contributed by atoms with van der Waals surface area (Å²) in [5.41, 5.74) is -3.28. The molecule has 0 spiro atoms. The zero-order valence-electron chi connectivity index (χ0n) is 7.20. The number of halogens is 4. The molecule has 84 valence electrons. The Morgan fingerprint density at radius 2 is 1.67 bits per heavy atom. The molecule has 0 saturated carbocycles. The van der Waals surface area contributed by atoms with Crippen molar-refractivity contribution in [3.05, 3.63) is 30.3 Å². The van der Waals surface area contributed by atoms with E-state index in [4.69, 9.17) is 0 Å². The van der Waals surface area contributed by atoms with Crippen molar-refractivity contribution >= 4 is 21.4 Å². The van der Waals surface area contributed by atoms with Gasteiger partial charge in [0, 0.05) is 0 Å². The molecule has 0 amide bonds. The topological polar surface area (TPSA) is 34.1 Å². The molecule has 0 heterocycles. The summed E-state index contributed by atoms with van der Waals surface area (Å²) in [6.07, 6.45) is 0. The van der Waals surface area contributed by atoms with Gasteiger partial charge in [-0.25, -0.2) is 12.8 Å². The van der Waals surface area contributed by atoms with Gasteiger partial charge in [-0.15, -0.1) is 0 Å². The average molecular weight is 259 g/mol. The maximum Gasteiger partial charge on any atom is 0.393 e. The molecule has 0 saturated heterocycles. The fraction of sp³-hybridized carbons (Fsp3) is 0.250. The highest BCUT2D eigenvalue weighted by molar-refractivity contribution is 7.92. The van der Waals surface area contributed by atoms with Crippen molar-refractivity contribution in [2.75, 3.05) is 0 Å². The van der Waals surface area contributed by atoms with Crippen molar-refractivity contribution in [3.8, 4) is 0 Å². The van der Waals surface area contributed by atoms with Crippen molar-refractivity contribution in [2.45, 2.75) is 15.8 Å². The molecule has 0 unspecified atom stereocenters. The van der Waals surface area contributed by atoms with Gasteiger partial charge in [-0.3, -0.25) is 0 Å². The van der Waals surface area contributed by atoms with Gasteiger partial charge in [0.05, 0.1) is 4.90 Å². The van der Waals surface area contributed by atoms with Gasteiger partial charge >= 0.3 is 5.25 Å². The van der Waals surface area contributed by atoms with Crippen LogP contribution in [0.15, 0.2) is 35.2 Å². The Bertz CT molecular complexity index is 430. The molecule has 2 nitrogen and oxygen atoms in total. The highest BCUT2D eigenvalue weighted by Gasteiger charge is 2.53. The first-order valence-electron chi connectivity index (χ1n) is 3.76. The maximum atomic E-state index is 12.9. The molecular weight excluding hydrogens is 253 g/mol. The fourth-order valence-electron chi connectivity index (χ4n) is 0.874. The largest absolute Gasteiger partial charge is 0.393 e. The molecule has 0 radical (unpaired) electrons. The lowest BCUT2D eigenvalue weighted by Crippen LogP contribution is -2.35. The van der Waals surface area contributed by atoms with Crippen molar-refractivity contribution in [2.24, 2.45) is 0 Å². The third-order valence-electron chi connectivity index (χ3n) is 1.67. The van der Waals surface area contributed by atoms with Crippen LogP contribution in [-0.2, 0) is 9.84 Å². The lowest BCUT2D eigenvalue weighted by Gasteiger charge is -2.16. The molecule has 0 bridgehead atoms. The van der Waals surface area contributed by atoms with Crippen LogP contribution in [-0.4, -0.2) is 19.3 Å². The summed E-state index contributed by atoms with van der Waals surface area (Å²) in [6, 6.07) is 5.85. The van der Waals surface area contributed by atoms with Crippen LogP contribution in [0.4, 0.5) is 13.2 Å². The Balaban J connectivity index is 3.27. The smallest absolute Gasteiger partial charge is 0.222 e. The summed E-state index contributed by atoms with van der Waals surface area (Å²) in [5.74, 6) is 0. The lowest BCUT2D eigenvalue weighted by molar-refractivity contribution is 0.0423. The second kappa shape index (κ2) is 4.02. The maximum absolute atomic E-state index is 12.9. The summed E-state index contributed by atoms with van der Waals surface area (Å²) in [6.45, 7) is 0. The van der Waals surface area contributed by atoms with Crippen LogP contribution in [0.2, 0.25) is 0 Å². The van der Waals surface area contributed by atoms with Gasteiger partial charge in [-0.2, -0.15) is 8.78 Å². The van der Waals surface area contributed by atoms with Gasteiger partial charge in [0.15, 0.2) is 0 Å². The number of hydrogen-bond donors (Lipinski definition) is 0. The second-order valence-corrected chi connectivity index (χ2v) is 5.08. The van der Waals surface area contributed by atoms with Crippen LogP contribution >= 0.6 is 11.6 Å². The first kappa shape index (κ1) is 12.3. The van der Waals surface area contributed by atoms with Crippen LogP contribution in [0.25, 0.3) is 0 Å². The zero-order valence-corrected chi connectivity index (χ0v) is 8.77. The van der Waals surface area contributed by atoms with E-state index >= 15 is 0 Å². The van der Waals surface area contributed by atoms with E-state index in [1.165, 1.54) is 18.2 Å². The highest BCUT2D eigenvalue weighted by atomic mass is 35.5. The summed E-state index contributed by atoms with van der Waals surface area (Å²) >= 11 is 4.51. The Morgan fingerprint density at radius 1 is 1.20 bits per heavy atom. The standard InChI is InChI=1S/C8H6ClF3O2S/c9-7(10)8(11,12)15(13,14)6-4-2-1-3-5-6/h1-5,7H/t7-/m1/s1. The van der Waals surface area contributed by atoms with E-state index in [0.29, 0.717) is 0 Å². The number of benzene rings is 1. The average Bonchev–Trinajstić information content (AvgIpc) is 2.18. The number of sulfone groups is 1. The van der Waals surface area contributed by atoms with Crippen LogP contribution in [0.1, 0.15) is 0 Å². The normalized spacial score (nSPS) is 14.9. The molecule has 7 heteroatoms. The molecule has 1 rings (SSSR count). The van der Waals surface area contributed by atoms with Crippen molar-refractivity contribution in [1.29, 1.82) is 0 Å². The molecule has 0 aromatic heterocycles. The van der Waals surface area contributed by atoms with Gasteiger partial charge in [0.2, 0.25) is 9.84 Å². The summed E-state index contributed by atoms with van der Waals surface area (Å²) < 4.78 is 60.6. The van der Waals surface area contributed by atoms with E-state index in [1.54, 1.807) is 0 Å². The number of alkyl halides is 4. The van der Waals surface area contributed by atoms with E-state index in [-0.39, 0.29) is 0 Å². The SMILES string of the molecule is O=S(=O)(c1ccccc1)C(F)(F)[C@@H](F)Cl. The third kappa shape index (κ3) is 2.10. The molecule has 0 aliphatic heterocycles. The van der Waals surface area contributed by atoms with E-state index in [9.17, 15) is 21.6 Å². The molecule has 0 aliphatic rings. The van der Waals surface area contributed by atoms with Gasteiger partial charge in [0.1, 0.15) is 0 Å². The molecule has 1 aromatic rings. The second-order valence-electron chi connectivity index (χ2n) is 2.68. The highest BCUT2D eigenvalue weighted by Crippen LogP contribution is 2.35. The van der Waals surface area contributed by atoms with Crippen LogP contribution in [0.3, 0.4) is 0 Å². The van der Waals surface area contributed by atoms with Crippen LogP contribution < -0.4 is 0 Å². The van der Waals surface area contributed by atoms with Crippen LogP contribution in [0.5, 0.6) is 0 Å². The Hall–Kier alpha value is -0.750. The molecule has 0 N–H and O–H groups in total. The Labute approximate surface area is 89.6 Å². The minimum atomic E-state index is -5.08. The van der Waals surface area contributed by atoms with E-state index in [0.717, 1.165) is 12.1 Å². The molecule has 15 heavy (non-hydrogen) atoms. The summed E-state index contributed by atoms with van der Waals surface area (Å²) in [5, 5.41) is -4.63. The van der Waals surface area contributed by atoms with Gasteiger partial charge in [0.25, 0.3) is 5.63 Å². The zero-order chi connectivity index (χ0) is 11.7. The monoisotopic (exact) mass is 258 g/mol. The third-order valence-corrected chi connectivity index (χ3v) is 3.89. The van der Waals surface area contributed by atoms with Crippen molar-refractivity contribution < 1.29 is 21.6 Å². The van der Waals surface area contributed by atoms with E-state index in [1.807, 2.05) is 0 Å². The molecule has 0 fully saturated rings. The Morgan fingerprint density at radius 3 is 2.07 bits per heavy atom. The first-order chi connectivity index (χ1) is 6.80. The summed E-state index contributed by atoms with van der Waals surface area (Å²) in [7, 11) is -5.08. The quantitative estimate of drug-likeness (QED) is 0.781. The lowest BCUT2D eigenvalue weighted by atomic mass is 10.4. The van der Waals surface area contributed by atoms with E-state index < -0.39 is 25.6 Å². The predicted molar refractivity (Wildman–Crippen MR) is 49.3 cm³/mol. The van der Waals surface area contributed by atoms with Crippen molar-refractivity contribution in [3.63, 3.8) is 0 Å². The molecular formula is C8H6ClF3O2S. The minimum absolute atomic E-state index is 0.668. The van der Waals surface area contributed by atoms with Gasteiger partial charge < -0.3 is 0 Å². The fourth-order valence-corrected chi connectivity index (χ4v) is 2.29. The first-order valence-corrected chi connectivity index (χ1v) is 5.67. The van der Waals surface area contributed by atoms with Crippen molar-refractivity contribution in [1.82, 2.24) is 0 Å².